The zero-order valence-corrected chi connectivity index (χ0v) is 26.9. The average Bonchev–Trinajstić information content (AvgIpc) is 3.43. The molecule has 4 aromatic rings. The molecule has 0 radical (unpaired) electrons. The number of anilines is 2. The van der Waals surface area contributed by atoms with E-state index in [2.05, 4.69) is 26.1 Å². The summed E-state index contributed by atoms with van der Waals surface area (Å²) in [6.45, 7) is 6.14. The van der Waals surface area contributed by atoms with E-state index >= 15 is 0 Å². The van der Waals surface area contributed by atoms with E-state index in [0.29, 0.717) is 32.1 Å². The number of aromatic nitrogens is 1. The lowest BCUT2D eigenvalue weighted by Crippen LogP contribution is -2.33. The number of carbonyl (C=O) groups excluding carboxylic acids is 3. The first kappa shape index (κ1) is 30.2. The minimum absolute atomic E-state index is 0.0788. The van der Waals surface area contributed by atoms with Crippen LogP contribution in [0.4, 0.5) is 11.4 Å². The van der Waals surface area contributed by atoms with Gasteiger partial charge in [0, 0.05) is 21.5 Å². The third-order valence-corrected chi connectivity index (χ3v) is 10.8. The van der Waals surface area contributed by atoms with Crippen LogP contribution in [0, 0.1) is 5.92 Å². The predicted octanol–water partition coefficient (Wildman–Crippen LogP) is 6.30. The van der Waals surface area contributed by atoms with Crippen LogP contribution in [0.2, 0.25) is 5.02 Å². The summed E-state index contributed by atoms with van der Waals surface area (Å²) < 4.78 is 6.59. The number of ether oxygens (including phenoxy) is 1. The minimum atomic E-state index is -0.775. The van der Waals surface area contributed by atoms with Gasteiger partial charge in [-0.3, -0.25) is 23.7 Å². The molecule has 0 saturated carbocycles. The smallest absolute Gasteiger partial charge is 0.308 e. The number of benzene rings is 3. The number of amides is 3. The van der Waals surface area contributed by atoms with Gasteiger partial charge in [0.2, 0.25) is 17.7 Å². The van der Waals surface area contributed by atoms with Gasteiger partial charge in [-0.1, -0.05) is 79.7 Å². The highest BCUT2D eigenvalue weighted by Crippen LogP contribution is 2.54. The molecule has 2 aliphatic heterocycles. The molecular formula is C33H30ClN3O5S2. The zero-order valence-electron chi connectivity index (χ0n) is 24.5. The highest BCUT2D eigenvalue weighted by atomic mass is 35.5. The summed E-state index contributed by atoms with van der Waals surface area (Å²) in [5.74, 6) is -1.68. The minimum Gasteiger partial charge on any atom is -0.497 e. The molecule has 0 aliphatic carbocycles. The van der Waals surface area contributed by atoms with E-state index in [0.717, 1.165) is 22.5 Å². The summed E-state index contributed by atoms with van der Waals surface area (Å²) in [5.41, 5.74) is 2.89. The number of imide groups is 1. The van der Waals surface area contributed by atoms with Crippen molar-refractivity contribution >= 4 is 63.8 Å². The molecule has 226 valence electrons. The van der Waals surface area contributed by atoms with Crippen molar-refractivity contribution in [2.24, 2.45) is 5.92 Å². The van der Waals surface area contributed by atoms with Gasteiger partial charge in [-0.15, -0.1) is 0 Å². The van der Waals surface area contributed by atoms with Gasteiger partial charge in [-0.25, -0.2) is 4.90 Å². The second-order valence-electron chi connectivity index (χ2n) is 11.8. The van der Waals surface area contributed by atoms with Gasteiger partial charge in [-0.05, 0) is 65.1 Å². The van der Waals surface area contributed by atoms with Crippen molar-refractivity contribution in [3.05, 3.63) is 103 Å². The summed E-state index contributed by atoms with van der Waals surface area (Å²) in [4.78, 5) is 56.1. The van der Waals surface area contributed by atoms with Crippen molar-refractivity contribution in [3.8, 4) is 5.75 Å². The summed E-state index contributed by atoms with van der Waals surface area (Å²) in [6, 6.07) is 21.5. The summed E-state index contributed by atoms with van der Waals surface area (Å²) in [6.07, 6.45) is 0. The van der Waals surface area contributed by atoms with Crippen molar-refractivity contribution in [2.75, 3.05) is 17.3 Å². The van der Waals surface area contributed by atoms with Gasteiger partial charge >= 0.3 is 4.87 Å². The lowest BCUT2D eigenvalue weighted by Gasteiger charge is -2.31. The SMILES string of the molecule is COc1ccc(NC(=O)Cn2c3c(sc2=O)[C@H](c2ccc(C(C)(C)C)cc2)C2C(=O)N(c4ccc(Cl)cc4)C(=O)C2S3)cc1. The molecule has 1 aromatic heterocycles. The molecule has 3 atom stereocenters. The number of thiazole rings is 1. The number of rotatable bonds is 6. The molecular weight excluding hydrogens is 618 g/mol. The van der Waals surface area contributed by atoms with Crippen LogP contribution in [0.5, 0.6) is 5.75 Å². The van der Waals surface area contributed by atoms with E-state index in [4.69, 9.17) is 16.3 Å². The van der Waals surface area contributed by atoms with Gasteiger partial charge in [0.25, 0.3) is 0 Å². The first-order valence-corrected chi connectivity index (χ1v) is 16.1. The Morgan fingerprint density at radius 3 is 2.20 bits per heavy atom. The van der Waals surface area contributed by atoms with Gasteiger partial charge in [0.15, 0.2) is 0 Å². The number of fused-ring (bicyclic) bond motifs is 2. The Morgan fingerprint density at radius 1 is 0.932 bits per heavy atom. The van der Waals surface area contributed by atoms with Gasteiger partial charge in [0.05, 0.1) is 23.7 Å². The fourth-order valence-electron chi connectivity index (χ4n) is 5.67. The van der Waals surface area contributed by atoms with Crippen LogP contribution in [-0.4, -0.2) is 34.6 Å². The topological polar surface area (TPSA) is 97.7 Å². The Kier molecular flexibility index (Phi) is 7.94. The van der Waals surface area contributed by atoms with Gasteiger partial charge in [0.1, 0.15) is 17.5 Å². The molecule has 1 N–H and O–H groups in total. The third-order valence-electron chi connectivity index (χ3n) is 7.95. The van der Waals surface area contributed by atoms with Gasteiger partial charge in [-0.2, -0.15) is 0 Å². The number of carbonyl (C=O) groups is 3. The van der Waals surface area contributed by atoms with Crippen LogP contribution in [0.3, 0.4) is 0 Å². The molecule has 0 bridgehead atoms. The second kappa shape index (κ2) is 11.6. The molecule has 2 unspecified atom stereocenters. The molecule has 0 spiro atoms. The van der Waals surface area contributed by atoms with Crippen LogP contribution < -0.4 is 19.8 Å². The van der Waals surface area contributed by atoms with E-state index in [1.807, 2.05) is 24.3 Å². The van der Waals surface area contributed by atoms with Crippen LogP contribution in [-0.2, 0) is 26.3 Å². The van der Waals surface area contributed by atoms with E-state index < -0.39 is 17.1 Å². The zero-order chi connectivity index (χ0) is 31.3. The molecule has 2 aliphatic rings. The standard InChI is InChI=1S/C33H30ClN3O5S2/c1-33(2,3)19-7-5-18(6-8-19)25-26-27(30(40)37(29(26)39)22-13-9-20(34)10-14-22)43-31-28(25)44-32(41)36(31)17-24(38)35-21-11-15-23(42-4)16-12-21/h5-16,25-27H,17H2,1-4H3,(H,35,38)/t25-,26?,27?/m1/s1. The lowest BCUT2D eigenvalue weighted by molar-refractivity contribution is -0.122. The quantitative estimate of drug-likeness (QED) is 0.247. The number of hydrogen-bond donors (Lipinski definition) is 1. The number of thioether (sulfide) groups is 1. The highest BCUT2D eigenvalue weighted by Gasteiger charge is 2.56. The van der Waals surface area contributed by atoms with E-state index in [1.54, 1.807) is 55.6 Å². The monoisotopic (exact) mass is 647 g/mol. The number of hydrogen-bond acceptors (Lipinski definition) is 7. The van der Waals surface area contributed by atoms with Crippen molar-refractivity contribution in [1.82, 2.24) is 4.57 Å². The first-order chi connectivity index (χ1) is 21.0. The average molecular weight is 648 g/mol. The summed E-state index contributed by atoms with van der Waals surface area (Å²) in [7, 11) is 1.56. The highest BCUT2D eigenvalue weighted by molar-refractivity contribution is 8.00. The lowest BCUT2D eigenvalue weighted by atomic mass is 9.81. The van der Waals surface area contributed by atoms with Crippen molar-refractivity contribution in [3.63, 3.8) is 0 Å². The molecule has 3 amide bonds. The molecule has 3 heterocycles. The molecule has 11 heteroatoms. The molecule has 8 nitrogen and oxygen atoms in total. The van der Waals surface area contributed by atoms with Crippen LogP contribution in [0.25, 0.3) is 0 Å². The normalized spacial score (nSPS) is 19.5. The Morgan fingerprint density at radius 2 is 1.59 bits per heavy atom. The maximum Gasteiger partial charge on any atom is 0.308 e. The molecule has 3 aromatic carbocycles. The van der Waals surface area contributed by atoms with E-state index in [9.17, 15) is 19.2 Å². The molecule has 6 rings (SSSR count). The van der Waals surface area contributed by atoms with Crippen LogP contribution in [0.1, 0.15) is 42.7 Å². The van der Waals surface area contributed by atoms with Crippen molar-refractivity contribution in [2.45, 2.75) is 48.9 Å². The summed E-state index contributed by atoms with van der Waals surface area (Å²) in [5, 5.41) is 3.08. The van der Waals surface area contributed by atoms with Crippen LogP contribution in [0.15, 0.2) is 82.6 Å². The molecule has 1 fully saturated rings. The Bertz CT molecular complexity index is 1810. The Balaban J connectivity index is 1.40. The summed E-state index contributed by atoms with van der Waals surface area (Å²) >= 11 is 8.29. The number of nitrogens with one attached hydrogen (secondary N) is 1. The predicted molar refractivity (Wildman–Crippen MR) is 174 cm³/mol. The van der Waals surface area contributed by atoms with E-state index in [-0.39, 0.29) is 34.6 Å². The number of methoxy groups -OCH3 is 1. The second-order valence-corrected chi connectivity index (χ2v) is 14.4. The fraction of sp³-hybridized carbons (Fsp3) is 0.273. The third kappa shape index (κ3) is 5.46. The number of halogens is 1. The molecule has 1 saturated heterocycles. The maximum atomic E-state index is 14.1. The van der Waals surface area contributed by atoms with E-state index in [1.165, 1.54) is 21.2 Å². The Hall–Kier alpha value is -3.86. The van der Waals surface area contributed by atoms with Crippen molar-refractivity contribution < 1.29 is 19.1 Å². The number of nitrogens with zero attached hydrogens (tertiary/aromatic N) is 2. The Labute approximate surface area is 268 Å². The van der Waals surface area contributed by atoms with Crippen LogP contribution >= 0.6 is 34.7 Å². The largest absolute Gasteiger partial charge is 0.497 e. The first-order valence-electron chi connectivity index (χ1n) is 14.0. The molecule has 44 heavy (non-hydrogen) atoms. The van der Waals surface area contributed by atoms with Gasteiger partial charge < -0.3 is 10.1 Å². The fourth-order valence-corrected chi connectivity index (χ4v) is 8.57. The van der Waals surface area contributed by atoms with Crippen molar-refractivity contribution in [1.29, 1.82) is 0 Å². The maximum absolute atomic E-state index is 14.1.